The average molecular weight is 621 g/mol. The fraction of sp³-hybridized carbons (Fsp3) is 0.471. The van der Waals surface area contributed by atoms with Crippen LogP contribution in [0.15, 0.2) is 42.6 Å². The molecule has 0 unspecified atom stereocenters. The number of aryl methyl sites for hydroxylation is 1. The predicted molar refractivity (Wildman–Crippen MR) is 167 cm³/mol. The van der Waals surface area contributed by atoms with E-state index in [1.807, 2.05) is 6.92 Å². The van der Waals surface area contributed by atoms with Gasteiger partial charge in [0.25, 0.3) is 17.6 Å². The molecular formula is C34H41FN4O6. The third-order valence-electron chi connectivity index (χ3n) is 9.07. The zero-order valence-electron chi connectivity index (χ0n) is 26.5. The smallest absolute Gasteiger partial charge is 0.410 e. The highest BCUT2D eigenvalue weighted by atomic mass is 19.1. The highest BCUT2D eigenvalue weighted by Crippen LogP contribution is 2.32. The van der Waals surface area contributed by atoms with Gasteiger partial charge in [0.05, 0.1) is 30.4 Å². The minimum Gasteiger partial charge on any atom is -0.496 e. The molecule has 2 aliphatic rings. The molecule has 0 radical (unpaired) electrons. The van der Waals surface area contributed by atoms with Gasteiger partial charge in [0.15, 0.2) is 0 Å². The number of aromatic nitrogens is 1. The number of halogens is 1. The van der Waals surface area contributed by atoms with Crippen LogP contribution in [0.3, 0.4) is 0 Å². The second kappa shape index (κ2) is 13.3. The molecule has 0 spiro atoms. The fourth-order valence-electron chi connectivity index (χ4n) is 6.51. The number of benzene rings is 2. The zero-order valence-corrected chi connectivity index (χ0v) is 26.5. The van der Waals surface area contributed by atoms with Crippen molar-refractivity contribution in [2.45, 2.75) is 52.1 Å². The van der Waals surface area contributed by atoms with Crippen LogP contribution in [-0.2, 0) is 23.0 Å². The maximum Gasteiger partial charge on any atom is 0.410 e. The van der Waals surface area contributed by atoms with Gasteiger partial charge in [0.2, 0.25) is 0 Å². The van der Waals surface area contributed by atoms with Crippen molar-refractivity contribution >= 4 is 34.6 Å². The Bertz CT molecular complexity index is 1590. The van der Waals surface area contributed by atoms with E-state index in [2.05, 4.69) is 0 Å². The molecule has 0 bridgehead atoms. The Balaban J connectivity index is 1.34. The largest absolute Gasteiger partial charge is 0.496 e. The second-order valence-electron chi connectivity index (χ2n) is 12.1. The highest BCUT2D eigenvalue weighted by Gasteiger charge is 2.38. The summed E-state index contributed by atoms with van der Waals surface area (Å²) in [6, 6.07) is 9.24. The Morgan fingerprint density at radius 1 is 0.933 bits per heavy atom. The summed E-state index contributed by atoms with van der Waals surface area (Å²) in [5, 5.41) is 0.497. The van der Waals surface area contributed by atoms with E-state index in [0.29, 0.717) is 41.2 Å². The van der Waals surface area contributed by atoms with Gasteiger partial charge < -0.3 is 28.7 Å². The van der Waals surface area contributed by atoms with E-state index < -0.39 is 17.8 Å². The van der Waals surface area contributed by atoms with Gasteiger partial charge in [-0.05, 0) is 69.7 Å². The van der Waals surface area contributed by atoms with E-state index in [-0.39, 0.29) is 49.1 Å². The lowest BCUT2D eigenvalue weighted by molar-refractivity contribution is -0.131. The number of fused-ring (bicyclic) bond motifs is 1. The molecule has 0 saturated carbocycles. The van der Waals surface area contributed by atoms with Gasteiger partial charge in [0.1, 0.15) is 11.6 Å². The molecule has 3 aromatic rings. The first-order valence-electron chi connectivity index (χ1n) is 15.5. The fourth-order valence-corrected chi connectivity index (χ4v) is 6.51. The van der Waals surface area contributed by atoms with Crippen molar-refractivity contribution < 1.29 is 33.0 Å². The number of carbonyl (C=O) groups is 4. The molecule has 2 aromatic carbocycles. The predicted octanol–water partition coefficient (Wildman–Crippen LogP) is 4.68. The van der Waals surface area contributed by atoms with Crippen molar-refractivity contribution in [3.05, 3.63) is 65.1 Å². The van der Waals surface area contributed by atoms with Gasteiger partial charge >= 0.3 is 6.09 Å². The number of methoxy groups -OCH3 is 1. The van der Waals surface area contributed by atoms with E-state index in [4.69, 9.17) is 9.47 Å². The first-order valence-corrected chi connectivity index (χ1v) is 15.5. The van der Waals surface area contributed by atoms with Crippen LogP contribution in [0.4, 0.5) is 9.18 Å². The lowest BCUT2D eigenvalue weighted by Crippen LogP contribution is -2.60. The van der Waals surface area contributed by atoms with Gasteiger partial charge in [-0.1, -0.05) is 12.1 Å². The summed E-state index contributed by atoms with van der Waals surface area (Å²) in [6.45, 7) is 7.21. The maximum atomic E-state index is 13.8. The maximum absolute atomic E-state index is 13.8. The minimum atomic E-state index is -0.672. The number of nitrogens with zero attached hydrogens (tertiary/aromatic N) is 4. The van der Waals surface area contributed by atoms with Gasteiger partial charge in [-0.25, -0.2) is 9.18 Å². The molecule has 3 heterocycles. The lowest BCUT2D eigenvalue weighted by Gasteiger charge is -2.43. The van der Waals surface area contributed by atoms with Crippen LogP contribution < -0.4 is 4.74 Å². The molecule has 5 rings (SSSR count). The third kappa shape index (κ3) is 6.53. The van der Waals surface area contributed by atoms with Crippen LogP contribution in [-0.4, -0.2) is 94.9 Å². The van der Waals surface area contributed by atoms with Crippen molar-refractivity contribution in [2.24, 2.45) is 13.0 Å². The molecule has 2 aliphatic heterocycles. The van der Waals surface area contributed by atoms with Crippen LogP contribution >= 0.6 is 0 Å². The molecule has 2 fully saturated rings. The van der Waals surface area contributed by atoms with Gasteiger partial charge in [0, 0.05) is 63.0 Å². The Morgan fingerprint density at radius 2 is 1.58 bits per heavy atom. The number of ether oxygens (including phenoxy) is 2. The molecule has 10 nitrogen and oxygen atoms in total. The highest BCUT2D eigenvalue weighted by molar-refractivity contribution is 6.45. The summed E-state index contributed by atoms with van der Waals surface area (Å²) < 4.78 is 25.8. The topological polar surface area (TPSA) is 101 Å². The molecule has 3 amide bonds. The Morgan fingerprint density at radius 3 is 2.22 bits per heavy atom. The standard InChI is InChI=1S/C34H41FN4O6/c1-6-45-34(43)39-19-21(2)38(18-22(39)3)33(42)31(40)28-20-36(4)29-17-30(44-5)27(16-26(28)29)32(41)37-13-11-24(12-14-37)15-23-7-9-25(35)10-8-23/h7-10,16-17,20-22,24H,6,11-15,18-19H2,1-5H3/t21-,22+/m0/s1. The molecule has 2 saturated heterocycles. The van der Waals surface area contributed by atoms with Crippen LogP contribution in [0.2, 0.25) is 0 Å². The van der Waals surface area contributed by atoms with Crippen molar-refractivity contribution in [1.82, 2.24) is 19.3 Å². The van der Waals surface area contributed by atoms with E-state index in [0.717, 1.165) is 24.8 Å². The van der Waals surface area contributed by atoms with E-state index in [1.54, 1.807) is 65.7 Å². The number of Topliss-reactive ketones (excluding diaryl/α,β-unsaturated/α-hetero) is 1. The van der Waals surface area contributed by atoms with Crippen molar-refractivity contribution in [3.8, 4) is 5.75 Å². The molecule has 240 valence electrons. The van der Waals surface area contributed by atoms with Crippen molar-refractivity contribution in [2.75, 3.05) is 39.9 Å². The van der Waals surface area contributed by atoms with E-state index in [9.17, 15) is 23.6 Å². The summed E-state index contributed by atoms with van der Waals surface area (Å²) in [6.07, 6.45) is 3.64. The number of amides is 3. The quantitative estimate of drug-likeness (QED) is 0.281. The molecule has 11 heteroatoms. The van der Waals surface area contributed by atoms with Gasteiger partial charge in [-0.15, -0.1) is 0 Å². The summed E-state index contributed by atoms with van der Waals surface area (Å²) in [4.78, 5) is 58.4. The molecule has 0 aliphatic carbocycles. The second-order valence-corrected chi connectivity index (χ2v) is 12.1. The Labute approximate surface area is 262 Å². The van der Waals surface area contributed by atoms with Crippen molar-refractivity contribution in [3.63, 3.8) is 0 Å². The first-order chi connectivity index (χ1) is 21.5. The Kier molecular flexibility index (Phi) is 9.45. The zero-order chi connectivity index (χ0) is 32.4. The van der Waals surface area contributed by atoms with Crippen LogP contribution in [0.1, 0.15) is 59.9 Å². The van der Waals surface area contributed by atoms with Gasteiger partial charge in [-0.2, -0.15) is 0 Å². The average Bonchev–Trinajstić information content (AvgIpc) is 3.36. The third-order valence-corrected chi connectivity index (χ3v) is 9.07. The number of hydrogen-bond donors (Lipinski definition) is 0. The van der Waals surface area contributed by atoms with E-state index in [1.165, 1.54) is 24.1 Å². The van der Waals surface area contributed by atoms with Gasteiger partial charge in [-0.3, -0.25) is 14.4 Å². The van der Waals surface area contributed by atoms with Crippen LogP contribution in [0, 0.1) is 11.7 Å². The lowest BCUT2D eigenvalue weighted by atomic mass is 9.90. The van der Waals surface area contributed by atoms with Crippen molar-refractivity contribution in [1.29, 1.82) is 0 Å². The summed E-state index contributed by atoms with van der Waals surface area (Å²) in [5.74, 6) is -0.995. The summed E-state index contributed by atoms with van der Waals surface area (Å²) in [7, 11) is 3.28. The molecule has 45 heavy (non-hydrogen) atoms. The molecule has 0 N–H and O–H groups in total. The Hall–Kier alpha value is -4.41. The minimum absolute atomic E-state index is 0.194. The molecule has 2 atom stereocenters. The normalized spacial score (nSPS) is 19.1. The number of piperidine rings is 1. The number of ketones is 1. The summed E-state index contributed by atoms with van der Waals surface area (Å²) >= 11 is 0. The molecular weight excluding hydrogens is 579 g/mol. The van der Waals surface area contributed by atoms with Crippen LogP contribution in [0.25, 0.3) is 10.9 Å². The number of piperazine rings is 1. The van der Waals surface area contributed by atoms with Crippen LogP contribution in [0.5, 0.6) is 5.75 Å². The number of carbonyl (C=O) groups excluding carboxylic acids is 4. The first kappa shape index (κ1) is 32.0. The monoisotopic (exact) mass is 620 g/mol. The number of hydrogen-bond acceptors (Lipinski definition) is 6. The van der Waals surface area contributed by atoms with E-state index >= 15 is 0 Å². The summed E-state index contributed by atoms with van der Waals surface area (Å²) in [5.41, 5.74) is 2.28. The number of likely N-dealkylation sites (tertiary alicyclic amines) is 1. The molecule has 1 aromatic heterocycles. The SMILES string of the molecule is CCOC(=O)N1C[C@H](C)N(C(=O)C(=O)c2cn(C)c3cc(OC)c(C(=O)N4CCC(Cc5ccc(F)cc5)CC4)cc23)C[C@H]1C. The number of rotatable bonds is 7.